The van der Waals surface area contributed by atoms with Crippen LogP contribution in [0.25, 0.3) is 0 Å². The summed E-state index contributed by atoms with van der Waals surface area (Å²) in [6.45, 7) is -0.971. The molecule has 0 heterocycles. The number of carbonyl (C=O) groups excluding carboxylic acids is 2. The van der Waals surface area contributed by atoms with E-state index in [1.807, 2.05) is 0 Å². The van der Waals surface area contributed by atoms with Crippen molar-refractivity contribution >= 4 is 23.3 Å². The highest BCUT2D eigenvalue weighted by molar-refractivity contribution is 5.99. The van der Waals surface area contributed by atoms with E-state index in [0.717, 1.165) is 38.5 Å². The third-order valence-electron chi connectivity index (χ3n) is 2.68. The zero-order chi connectivity index (χ0) is 19.0. The van der Waals surface area contributed by atoms with Crippen molar-refractivity contribution in [2.75, 3.05) is 26.1 Å². The van der Waals surface area contributed by atoms with Gasteiger partial charge >= 0.3 is 11.9 Å². The molecule has 0 radical (unpaired) electrons. The maximum Gasteiger partial charge on any atom is 0.354 e. The van der Waals surface area contributed by atoms with Crippen LogP contribution in [-0.4, -0.2) is 44.1 Å². The lowest BCUT2D eigenvalue weighted by Crippen LogP contribution is -2.16. The van der Waals surface area contributed by atoms with Crippen molar-refractivity contribution in [3.63, 3.8) is 0 Å². The number of nitrogens with one attached hydrogen (secondary N) is 1. The summed E-state index contributed by atoms with van der Waals surface area (Å²) in [5, 5.41) is 13.3. The number of anilines is 1. The second kappa shape index (κ2) is 9.15. The van der Waals surface area contributed by atoms with Gasteiger partial charge in [-0.3, -0.25) is 10.1 Å². The highest BCUT2D eigenvalue weighted by Gasteiger charge is 2.18. The van der Waals surface area contributed by atoms with Crippen LogP contribution in [0.3, 0.4) is 0 Å². The zero-order valence-electron chi connectivity index (χ0n) is 13.2. The number of rotatable bonds is 8. The average Bonchev–Trinajstić information content (AvgIpc) is 2.58. The third kappa shape index (κ3) is 6.05. The van der Waals surface area contributed by atoms with Crippen molar-refractivity contribution < 1.29 is 37.5 Å². The van der Waals surface area contributed by atoms with Crippen LogP contribution in [0.15, 0.2) is 30.0 Å². The van der Waals surface area contributed by atoms with Crippen LogP contribution in [-0.2, 0) is 19.1 Å². The largest absolute Gasteiger partial charge is 0.485 e. The van der Waals surface area contributed by atoms with Gasteiger partial charge in [0, 0.05) is 12.1 Å². The molecule has 0 aromatic heterocycles. The van der Waals surface area contributed by atoms with E-state index in [1.54, 1.807) is 0 Å². The molecule has 0 unspecified atom stereocenters. The number of hydrogen-bond donors (Lipinski definition) is 1. The maximum absolute atomic E-state index is 12.3. The molecule has 0 fully saturated rings. The monoisotopic (exact) mass is 360 g/mol. The van der Waals surface area contributed by atoms with Gasteiger partial charge in [0.15, 0.2) is 0 Å². The summed E-state index contributed by atoms with van der Waals surface area (Å²) in [5.74, 6) is -2.09. The lowest BCUT2D eigenvalue weighted by atomic mass is 10.2. The molecule has 1 aromatic rings. The summed E-state index contributed by atoms with van der Waals surface area (Å²) in [6.07, 6.45) is -2.05. The van der Waals surface area contributed by atoms with E-state index >= 15 is 0 Å². The SMILES string of the molecule is COC(=O)/C=C(/Nc1cc([N+](=O)[O-])ccc1OCC(F)F)C(=O)OC. The Hall–Kier alpha value is -3.24. The highest BCUT2D eigenvalue weighted by Crippen LogP contribution is 2.30. The van der Waals surface area contributed by atoms with E-state index in [2.05, 4.69) is 14.8 Å². The normalized spacial score (nSPS) is 11.0. The van der Waals surface area contributed by atoms with Gasteiger partial charge in [-0.1, -0.05) is 0 Å². The minimum absolute atomic E-state index is 0.185. The molecule has 1 rings (SSSR count). The van der Waals surface area contributed by atoms with Crippen LogP contribution in [0.2, 0.25) is 0 Å². The quantitative estimate of drug-likeness (QED) is 0.323. The summed E-state index contributed by atoms with van der Waals surface area (Å²) in [7, 11) is 2.11. The van der Waals surface area contributed by atoms with Crippen molar-refractivity contribution in [2.45, 2.75) is 6.43 Å². The van der Waals surface area contributed by atoms with E-state index in [4.69, 9.17) is 4.74 Å². The molecule has 0 spiro atoms. The summed E-state index contributed by atoms with van der Waals surface area (Å²) in [6, 6.07) is 3.07. The van der Waals surface area contributed by atoms with Gasteiger partial charge in [0.05, 0.1) is 30.9 Å². The number of nitro groups is 1. The average molecular weight is 360 g/mol. The number of nitro benzene ring substituents is 1. The second-order valence-electron chi connectivity index (χ2n) is 4.34. The van der Waals surface area contributed by atoms with E-state index < -0.39 is 41.3 Å². The fourth-order valence-corrected chi connectivity index (χ4v) is 1.59. The Morgan fingerprint density at radius 3 is 2.52 bits per heavy atom. The van der Waals surface area contributed by atoms with Crippen molar-refractivity contribution in [3.05, 3.63) is 40.1 Å². The molecule has 1 aromatic carbocycles. The number of methoxy groups -OCH3 is 2. The van der Waals surface area contributed by atoms with Gasteiger partial charge in [-0.05, 0) is 6.07 Å². The number of benzene rings is 1. The molecule has 0 bridgehead atoms. The number of halogens is 2. The summed E-state index contributed by atoms with van der Waals surface area (Å²) in [5.41, 5.74) is -1.01. The van der Waals surface area contributed by atoms with Crippen LogP contribution in [0.1, 0.15) is 0 Å². The smallest absolute Gasteiger partial charge is 0.354 e. The van der Waals surface area contributed by atoms with Crippen molar-refractivity contribution in [3.8, 4) is 5.75 Å². The Kier molecular flexibility index (Phi) is 7.25. The van der Waals surface area contributed by atoms with E-state index in [-0.39, 0.29) is 11.4 Å². The standard InChI is InChI=1S/C14H14F2N2O7/c1-23-13(19)6-10(14(20)24-2)17-9-5-8(18(21)22)3-4-11(9)25-7-12(15)16/h3-6,12,17H,7H2,1-2H3/b10-6+. The number of esters is 2. The molecule has 9 nitrogen and oxygen atoms in total. The number of carbonyl (C=O) groups is 2. The van der Waals surface area contributed by atoms with Crippen LogP contribution in [0.4, 0.5) is 20.2 Å². The van der Waals surface area contributed by atoms with Gasteiger partial charge in [-0.2, -0.15) is 0 Å². The summed E-state index contributed by atoms with van der Waals surface area (Å²) in [4.78, 5) is 33.2. The van der Waals surface area contributed by atoms with E-state index in [0.29, 0.717) is 0 Å². The molecule has 25 heavy (non-hydrogen) atoms. The number of alkyl halides is 2. The van der Waals surface area contributed by atoms with Crippen molar-refractivity contribution in [1.82, 2.24) is 0 Å². The number of hydrogen-bond acceptors (Lipinski definition) is 8. The number of ether oxygens (including phenoxy) is 3. The van der Waals surface area contributed by atoms with Crippen LogP contribution >= 0.6 is 0 Å². The number of nitrogens with zero attached hydrogens (tertiary/aromatic N) is 1. The Balaban J connectivity index is 3.26. The predicted molar refractivity (Wildman–Crippen MR) is 80.3 cm³/mol. The van der Waals surface area contributed by atoms with Crippen LogP contribution in [0.5, 0.6) is 5.75 Å². The molecule has 0 aliphatic heterocycles. The molecule has 136 valence electrons. The van der Waals surface area contributed by atoms with Gasteiger partial charge in [0.1, 0.15) is 18.1 Å². The number of non-ortho nitro benzene ring substituents is 1. The molecule has 0 aliphatic rings. The first-order valence-corrected chi connectivity index (χ1v) is 6.62. The second-order valence-corrected chi connectivity index (χ2v) is 4.34. The Morgan fingerprint density at radius 2 is 2.00 bits per heavy atom. The zero-order valence-corrected chi connectivity index (χ0v) is 13.2. The first-order chi connectivity index (χ1) is 11.8. The lowest BCUT2D eigenvalue weighted by molar-refractivity contribution is -0.384. The van der Waals surface area contributed by atoms with E-state index in [1.165, 1.54) is 0 Å². The van der Waals surface area contributed by atoms with Crippen molar-refractivity contribution in [1.29, 1.82) is 0 Å². The fraction of sp³-hybridized carbons (Fsp3) is 0.286. The van der Waals surface area contributed by atoms with Crippen molar-refractivity contribution in [2.24, 2.45) is 0 Å². The third-order valence-corrected chi connectivity index (χ3v) is 2.68. The Bertz CT molecular complexity index is 692. The van der Waals surface area contributed by atoms with Gasteiger partial charge in [0.2, 0.25) is 0 Å². The van der Waals surface area contributed by atoms with Gasteiger partial charge in [-0.15, -0.1) is 0 Å². The summed E-state index contributed by atoms with van der Waals surface area (Å²) >= 11 is 0. The molecule has 0 saturated carbocycles. The van der Waals surface area contributed by atoms with Gasteiger partial charge in [0.25, 0.3) is 12.1 Å². The predicted octanol–water partition coefficient (Wildman–Crippen LogP) is 1.88. The molecule has 1 N–H and O–H groups in total. The van der Waals surface area contributed by atoms with Crippen LogP contribution < -0.4 is 10.1 Å². The highest BCUT2D eigenvalue weighted by atomic mass is 19.3. The Morgan fingerprint density at radius 1 is 1.32 bits per heavy atom. The minimum Gasteiger partial charge on any atom is -0.485 e. The minimum atomic E-state index is -2.78. The molecular formula is C14H14F2N2O7. The van der Waals surface area contributed by atoms with Gasteiger partial charge in [-0.25, -0.2) is 18.4 Å². The first-order valence-electron chi connectivity index (χ1n) is 6.62. The topological polar surface area (TPSA) is 117 Å². The molecule has 0 atom stereocenters. The Labute approximate surface area is 140 Å². The lowest BCUT2D eigenvalue weighted by Gasteiger charge is -2.14. The maximum atomic E-state index is 12.3. The van der Waals surface area contributed by atoms with E-state index in [9.17, 15) is 28.5 Å². The molecule has 0 saturated heterocycles. The van der Waals surface area contributed by atoms with Crippen LogP contribution in [0, 0.1) is 10.1 Å². The van der Waals surface area contributed by atoms with Gasteiger partial charge < -0.3 is 19.5 Å². The summed E-state index contributed by atoms with van der Waals surface area (Å²) < 4.78 is 38.3. The molecule has 11 heteroatoms. The molecular weight excluding hydrogens is 346 g/mol. The first kappa shape index (κ1) is 19.8. The molecule has 0 aliphatic carbocycles. The fourth-order valence-electron chi connectivity index (χ4n) is 1.59. The molecule has 0 amide bonds.